The number of hydrogen-bond acceptors (Lipinski definition) is 1. The lowest BCUT2D eigenvalue weighted by atomic mass is 9.96. The van der Waals surface area contributed by atoms with Gasteiger partial charge in [0, 0.05) is 25.1 Å². The Labute approximate surface area is 82.1 Å². The van der Waals surface area contributed by atoms with E-state index < -0.39 is 5.92 Å². The Morgan fingerprint density at radius 1 is 1.36 bits per heavy atom. The lowest BCUT2D eigenvalue weighted by molar-refractivity contribution is -0.0112. The lowest BCUT2D eigenvalue weighted by Gasteiger charge is -2.18. The molecule has 3 heteroatoms. The van der Waals surface area contributed by atoms with Gasteiger partial charge in [0.05, 0.1) is 0 Å². The number of halogens is 2. The predicted octanol–water partition coefficient (Wildman–Crippen LogP) is 2.58. The number of nitrogens with one attached hydrogen (secondary N) is 1. The molecule has 1 aromatic carbocycles. The van der Waals surface area contributed by atoms with Crippen molar-refractivity contribution < 1.29 is 8.78 Å². The zero-order chi connectivity index (χ0) is 10.2. The fourth-order valence-corrected chi connectivity index (χ4v) is 1.99. The van der Waals surface area contributed by atoms with Crippen molar-refractivity contribution in [3.63, 3.8) is 0 Å². The van der Waals surface area contributed by atoms with Crippen LogP contribution < -0.4 is 5.32 Å². The van der Waals surface area contributed by atoms with E-state index in [1.807, 2.05) is 6.07 Å². The summed E-state index contributed by atoms with van der Waals surface area (Å²) in [6.45, 7) is 2.67. The molecular weight excluding hydrogens is 184 g/mol. The summed E-state index contributed by atoms with van der Waals surface area (Å²) in [4.78, 5) is 0. The van der Waals surface area contributed by atoms with Crippen LogP contribution in [0.3, 0.4) is 0 Å². The molecule has 1 aliphatic heterocycles. The van der Waals surface area contributed by atoms with Crippen LogP contribution in [0.15, 0.2) is 18.2 Å². The smallest absolute Gasteiger partial charge is 0.275 e. The molecule has 76 valence electrons. The van der Waals surface area contributed by atoms with Gasteiger partial charge in [-0.3, -0.25) is 0 Å². The van der Waals surface area contributed by atoms with Crippen LogP contribution in [-0.2, 0) is 12.5 Å². The monoisotopic (exact) mass is 197 g/mol. The Morgan fingerprint density at radius 2 is 2.14 bits per heavy atom. The fraction of sp³-hybridized carbons (Fsp3) is 0.455. The minimum Gasteiger partial charge on any atom is -0.312 e. The fourth-order valence-electron chi connectivity index (χ4n) is 1.99. The van der Waals surface area contributed by atoms with Crippen LogP contribution in [0.2, 0.25) is 0 Å². The summed E-state index contributed by atoms with van der Waals surface area (Å²) >= 11 is 0. The van der Waals surface area contributed by atoms with Crippen LogP contribution in [0.1, 0.15) is 23.1 Å². The van der Waals surface area contributed by atoms with Gasteiger partial charge in [-0.2, -0.15) is 0 Å². The van der Waals surface area contributed by atoms with Crippen LogP contribution in [0, 0.1) is 6.92 Å². The van der Waals surface area contributed by atoms with Gasteiger partial charge in [-0.15, -0.1) is 0 Å². The minimum absolute atomic E-state index is 0.106. The third-order valence-corrected chi connectivity index (χ3v) is 2.66. The largest absolute Gasteiger partial charge is 0.312 e. The van der Waals surface area contributed by atoms with E-state index in [-0.39, 0.29) is 12.0 Å². The number of rotatable bonds is 0. The highest BCUT2D eigenvalue weighted by atomic mass is 19.3. The van der Waals surface area contributed by atoms with Gasteiger partial charge in [-0.1, -0.05) is 18.2 Å². The zero-order valence-electron chi connectivity index (χ0n) is 8.11. The first-order chi connectivity index (χ1) is 6.61. The van der Waals surface area contributed by atoms with E-state index in [2.05, 4.69) is 5.32 Å². The van der Waals surface area contributed by atoms with Gasteiger partial charge in [0.25, 0.3) is 5.92 Å². The molecule has 0 unspecified atom stereocenters. The quantitative estimate of drug-likeness (QED) is 0.674. The number of hydrogen-bond donors (Lipinski definition) is 1. The third-order valence-electron chi connectivity index (χ3n) is 2.66. The van der Waals surface area contributed by atoms with Crippen molar-refractivity contribution in [2.24, 2.45) is 0 Å². The Bertz CT molecular complexity index is 347. The van der Waals surface area contributed by atoms with E-state index in [4.69, 9.17) is 0 Å². The maximum absolute atomic E-state index is 13.7. The van der Waals surface area contributed by atoms with Crippen molar-refractivity contribution in [2.75, 3.05) is 6.54 Å². The van der Waals surface area contributed by atoms with Crippen LogP contribution in [0.25, 0.3) is 0 Å². The Balaban J connectivity index is 2.58. The first-order valence-corrected chi connectivity index (χ1v) is 4.79. The van der Waals surface area contributed by atoms with Gasteiger partial charge < -0.3 is 5.32 Å². The summed E-state index contributed by atoms with van der Waals surface area (Å²) in [6, 6.07) is 5.35. The summed E-state index contributed by atoms with van der Waals surface area (Å²) in [5.41, 5.74) is 1.65. The summed E-state index contributed by atoms with van der Waals surface area (Å²) < 4.78 is 27.4. The van der Waals surface area contributed by atoms with Gasteiger partial charge in [-0.05, 0) is 18.1 Å². The molecule has 2 rings (SSSR count). The highest BCUT2D eigenvalue weighted by Crippen LogP contribution is 2.37. The highest BCUT2D eigenvalue weighted by Gasteiger charge is 2.36. The maximum atomic E-state index is 13.7. The average Bonchev–Trinajstić information content (AvgIpc) is 2.25. The molecular formula is C11H13F2N. The average molecular weight is 197 g/mol. The maximum Gasteiger partial charge on any atom is 0.275 e. The molecule has 0 aliphatic carbocycles. The molecule has 0 saturated heterocycles. The van der Waals surface area contributed by atoms with Crippen molar-refractivity contribution in [3.8, 4) is 0 Å². The van der Waals surface area contributed by atoms with E-state index in [1.54, 1.807) is 19.1 Å². The van der Waals surface area contributed by atoms with Gasteiger partial charge in [-0.25, -0.2) is 8.78 Å². The first-order valence-electron chi connectivity index (χ1n) is 4.79. The predicted molar refractivity (Wildman–Crippen MR) is 51.4 cm³/mol. The van der Waals surface area contributed by atoms with Gasteiger partial charge >= 0.3 is 0 Å². The van der Waals surface area contributed by atoms with Gasteiger partial charge in [0.1, 0.15) is 0 Å². The van der Waals surface area contributed by atoms with Crippen molar-refractivity contribution in [3.05, 3.63) is 34.9 Å². The SMILES string of the molecule is Cc1cccc2c1C(F)(F)CCNC2. The molecule has 14 heavy (non-hydrogen) atoms. The molecule has 0 fully saturated rings. The standard InChI is InChI=1S/C11H13F2N/c1-8-3-2-4-9-7-14-6-5-11(12,13)10(8)9/h2-4,14H,5-7H2,1H3. The van der Waals surface area contributed by atoms with E-state index in [0.29, 0.717) is 18.7 Å². The zero-order valence-corrected chi connectivity index (χ0v) is 8.11. The van der Waals surface area contributed by atoms with E-state index in [1.165, 1.54) is 0 Å². The Morgan fingerprint density at radius 3 is 2.93 bits per heavy atom. The lowest BCUT2D eigenvalue weighted by Crippen LogP contribution is -2.18. The van der Waals surface area contributed by atoms with Crippen molar-refractivity contribution in [1.29, 1.82) is 0 Å². The molecule has 1 heterocycles. The third kappa shape index (κ3) is 1.52. The topological polar surface area (TPSA) is 12.0 Å². The number of alkyl halides is 2. The number of benzene rings is 1. The number of aryl methyl sites for hydroxylation is 1. The van der Waals surface area contributed by atoms with Crippen molar-refractivity contribution >= 4 is 0 Å². The number of fused-ring (bicyclic) bond motifs is 1. The Kier molecular flexibility index (Phi) is 2.27. The molecule has 1 aromatic rings. The van der Waals surface area contributed by atoms with Crippen LogP contribution >= 0.6 is 0 Å². The normalized spacial score (nSPS) is 19.9. The van der Waals surface area contributed by atoms with Gasteiger partial charge in [0.2, 0.25) is 0 Å². The summed E-state index contributed by atoms with van der Waals surface area (Å²) in [5, 5.41) is 3.01. The first kappa shape index (κ1) is 9.59. The molecule has 0 bridgehead atoms. The second-order valence-electron chi connectivity index (χ2n) is 3.74. The van der Waals surface area contributed by atoms with Crippen LogP contribution in [0.5, 0.6) is 0 Å². The van der Waals surface area contributed by atoms with E-state index >= 15 is 0 Å². The second kappa shape index (κ2) is 3.31. The van der Waals surface area contributed by atoms with Gasteiger partial charge in [0.15, 0.2) is 0 Å². The van der Waals surface area contributed by atoms with E-state index in [9.17, 15) is 8.78 Å². The molecule has 0 radical (unpaired) electrons. The molecule has 0 amide bonds. The summed E-state index contributed by atoms with van der Waals surface area (Å²) in [6.07, 6.45) is -0.106. The molecule has 1 aliphatic rings. The molecule has 1 N–H and O–H groups in total. The summed E-state index contributed by atoms with van der Waals surface area (Å²) in [5.74, 6) is -2.68. The molecule has 0 saturated carbocycles. The highest BCUT2D eigenvalue weighted by molar-refractivity contribution is 5.38. The Hall–Kier alpha value is -0.960. The van der Waals surface area contributed by atoms with Crippen molar-refractivity contribution in [1.82, 2.24) is 5.32 Å². The van der Waals surface area contributed by atoms with Crippen LogP contribution in [-0.4, -0.2) is 6.54 Å². The minimum atomic E-state index is -2.68. The molecule has 1 nitrogen and oxygen atoms in total. The molecule has 0 spiro atoms. The molecule has 0 atom stereocenters. The van der Waals surface area contributed by atoms with E-state index in [0.717, 1.165) is 5.56 Å². The molecule has 0 aromatic heterocycles. The van der Waals surface area contributed by atoms with Crippen LogP contribution in [0.4, 0.5) is 8.78 Å². The van der Waals surface area contributed by atoms with Crippen molar-refractivity contribution in [2.45, 2.75) is 25.8 Å². The summed E-state index contributed by atoms with van der Waals surface area (Å²) in [7, 11) is 0. The second-order valence-corrected chi connectivity index (χ2v) is 3.74.